The predicted molar refractivity (Wildman–Crippen MR) is 77.4 cm³/mol. The summed E-state index contributed by atoms with van der Waals surface area (Å²) in [6.07, 6.45) is 5.95. The molecule has 2 aliphatic rings. The number of hydrogen-bond acceptors (Lipinski definition) is 2. The van der Waals surface area contributed by atoms with Crippen LogP contribution >= 0.6 is 0 Å². The minimum Gasteiger partial charge on any atom is -0.374 e. The van der Waals surface area contributed by atoms with Crippen LogP contribution in [0.1, 0.15) is 37.3 Å². The Bertz CT molecular complexity index is 478. The Kier molecular flexibility index (Phi) is 3.45. The second-order valence-corrected chi connectivity index (χ2v) is 5.74. The van der Waals surface area contributed by atoms with E-state index in [-0.39, 0.29) is 11.9 Å². The van der Waals surface area contributed by atoms with Gasteiger partial charge in [-0.2, -0.15) is 0 Å². The zero-order valence-corrected chi connectivity index (χ0v) is 11.6. The van der Waals surface area contributed by atoms with E-state index in [9.17, 15) is 4.79 Å². The molecule has 3 heteroatoms. The molecule has 3 rings (SSSR count). The molecule has 1 heterocycles. The minimum absolute atomic E-state index is 0.127. The Hall–Kier alpha value is -1.51. The number of hydrogen-bond donors (Lipinski definition) is 1. The molecule has 1 saturated heterocycles. The maximum atomic E-state index is 12.2. The molecule has 1 aliphatic carbocycles. The number of rotatable bonds is 3. The largest absolute Gasteiger partial charge is 0.374 e. The van der Waals surface area contributed by atoms with E-state index in [4.69, 9.17) is 0 Å². The second-order valence-electron chi connectivity index (χ2n) is 5.74. The first-order valence-electron chi connectivity index (χ1n) is 7.41. The Labute approximate surface area is 115 Å². The Morgan fingerprint density at radius 3 is 2.68 bits per heavy atom. The van der Waals surface area contributed by atoms with E-state index >= 15 is 0 Å². The van der Waals surface area contributed by atoms with E-state index < -0.39 is 0 Å². The third kappa shape index (κ3) is 2.60. The topological polar surface area (TPSA) is 32.3 Å². The monoisotopic (exact) mass is 258 g/mol. The molecular formula is C16H22N2O. The Morgan fingerprint density at radius 1 is 1.16 bits per heavy atom. The van der Waals surface area contributed by atoms with E-state index in [1.165, 1.54) is 30.4 Å². The predicted octanol–water partition coefficient (Wildman–Crippen LogP) is 2.60. The number of benzene rings is 1. The highest BCUT2D eigenvalue weighted by Gasteiger charge is 2.23. The fourth-order valence-corrected chi connectivity index (χ4v) is 3.18. The minimum atomic E-state index is -0.127. The normalized spacial score (nSPS) is 19.3. The van der Waals surface area contributed by atoms with Crippen molar-refractivity contribution in [1.82, 2.24) is 4.90 Å². The molecule has 1 aliphatic heterocycles. The highest BCUT2D eigenvalue weighted by atomic mass is 16.2. The van der Waals surface area contributed by atoms with Gasteiger partial charge in [0.25, 0.3) is 0 Å². The van der Waals surface area contributed by atoms with Crippen LogP contribution in [0.15, 0.2) is 18.2 Å². The number of amides is 1. The van der Waals surface area contributed by atoms with Gasteiger partial charge >= 0.3 is 0 Å². The third-order valence-electron chi connectivity index (χ3n) is 4.27. The smallest absolute Gasteiger partial charge is 0.244 e. The highest BCUT2D eigenvalue weighted by molar-refractivity contribution is 5.84. The zero-order chi connectivity index (χ0) is 13.2. The van der Waals surface area contributed by atoms with Crippen LogP contribution in [0.4, 0.5) is 5.69 Å². The summed E-state index contributed by atoms with van der Waals surface area (Å²) in [7, 11) is 0. The van der Waals surface area contributed by atoms with Gasteiger partial charge in [-0.25, -0.2) is 0 Å². The molecule has 1 amide bonds. The third-order valence-corrected chi connectivity index (χ3v) is 4.27. The van der Waals surface area contributed by atoms with Crippen molar-refractivity contribution in [3.63, 3.8) is 0 Å². The molecule has 1 aromatic carbocycles. The Morgan fingerprint density at radius 2 is 1.89 bits per heavy atom. The van der Waals surface area contributed by atoms with E-state index in [1.54, 1.807) is 0 Å². The van der Waals surface area contributed by atoms with Crippen molar-refractivity contribution in [2.24, 2.45) is 0 Å². The summed E-state index contributed by atoms with van der Waals surface area (Å²) in [5, 5.41) is 3.36. The lowest BCUT2D eigenvalue weighted by Crippen LogP contribution is -2.39. The SMILES string of the molecule is CC(Nc1ccc2c(c1)CCC2)C(=O)N1CCCC1. The molecule has 0 radical (unpaired) electrons. The molecule has 1 atom stereocenters. The van der Waals surface area contributed by atoms with Gasteiger partial charge in [0.2, 0.25) is 5.91 Å². The zero-order valence-electron chi connectivity index (χ0n) is 11.6. The van der Waals surface area contributed by atoms with Gasteiger partial charge < -0.3 is 10.2 Å². The first kappa shape index (κ1) is 12.5. The van der Waals surface area contributed by atoms with Crippen molar-refractivity contribution in [3.05, 3.63) is 29.3 Å². The number of likely N-dealkylation sites (tertiary alicyclic amines) is 1. The summed E-state index contributed by atoms with van der Waals surface area (Å²) in [5.41, 5.74) is 4.01. The van der Waals surface area contributed by atoms with Gasteiger partial charge in [-0.15, -0.1) is 0 Å². The maximum Gasteiger partial charge on any atom is 0.244 e. The van der Waals surface area contributed by atoms with Crippen LogP contribution < -0.4 is 5.32 Å². The molecule has 0 aromatic heterocycles. The summed E-state index contributed by atoms with van der Waals surface area (Å²) in [6.45, 7) is 3.82. The van der Waals surface area contributed by atoms with Gasteiger partial charge in [0.15, 0.2) is 0 Å². The summed E-state index contributed by atoms with van der Waals surface area (Å²) >= 11 is 0. The molecule has 0 saturated carbocycles. The van der Waals surface area contributed by atoms with Gasteiger partial charge in [0.1, 0.15) is 6.04 Å². The van der Waals surface area contributed by atoms with Crippen LogP contribution in [-0.2, 0) is 17.6 Å². The van der Waals surface area contributed by atoms with Crippen molar-refractivity contribution in [2.45, 2.75) is 45.1 Å². The lowest BCUT2D eigenvalue weighted by molar-refractivity contribution is -0.130. The number of carbonyl (C=O) groups is 1. The molecule has 0 bridgehead atoms. The average molecular weight is 258 g/mol. The molecule has 102 valence electrons. The van der Waals surface area contributed by atoms with Gasteiger partial charge in [-0.05, 0) is 62.3 Å². The van der Waals surface area contributed by atoms with E-state index in [2.05, 4.69) is 23.5 Å². The maximum absolute atomic E-state index is 12.2. The first-order chi connectivity index (χ1) is 9.24. The summed E-state index contributed by atoms with van der Waals surface area (Å²) in [4.78, 5) is 14.2. The van der Waals surface area contributed by atoms with Crippen LogP contribution in [0.3, 0.4) is 0 Å². The fourth-order valence-electron chi connectivity index (χ4n) is 3.18. The quantitative estimate of drug-likeness (QED) is 0.904. The molecule has 1 aromatic rings. The van der Waals surface area contributed by atoms with Gasteiger partial charge in [0.05, 0.1) is 0 Å². The van der Waals surface area contributed by atoms with Crippen LogP contribution in [0.2, 0.25) is 0 Å². The summed E-state index contributed by atoms with van der Waals surface area (Å²) in [5.74, 6) is 0.234. The summed E-state index contributed by atoms with van der Waals surface area (Å²) < 4.78 is 0. The molecule has 1 fully saturated rings. The van der Waals surface area contributed by atoms with Gasteiger partial charge in [-0.3, -0.25) is 4.79 Å². The van der Waals surface area contributed by atoms with Crippen molar-refractivity contribution in [2.75, 3.05) is 18.4 Å². The highest BCUT2D eigenvalue weighted by Crippen LogP contribution is 2.25. The Balaban J connectivity index is 1.65. The van der Waals surface area contributed by atoms with Crippen molar-refractivity contribution in [1.29, 1.82) is 0 Å². The molecule has 0 spiro atoms. The molecule has 3 nitrogen and oxygen atoms in total. The number of nitrogens with zero attached hydrogens (tertiary/aromatic N) is 1. The number of carbonyl (C=O) groups excluding carboxylic acids is 1. The lowest BCUT2D eigenvalue weighted by Gasteiger charge is -2.22. The number of nitrogens with one attached hydrogen (secondary N) is 1. The number of aryl methyl sites for hydroxylation is 2. The average Bonchev–Trinajstić information content (AvgIpc) is 3.08. The van der Waals surface area contributed by atoms with Gasteiger partial charge in [-0.1, -0.05) is 6.07 Å². The second kappa shape index (κ2) is 5.24. The van der Waals surface area contributed by atoms with E-state index in [1.807, 2.05) is 11.8 Å². The fraction of sp³-hybridized carbons (Fsp3) is 0.562. The van der Waals surface area contributed by atoms with Crippen LogP contribution in [0, 0.1) is 0 Å². The van der Waals surface area contributed by atoms with Crippen molar-refractivity contribution < 1.29 is 4.79 Å². The van der Waals surface area contributed by atoms with Crippen LogP contribution in [0.5, 0.6) is 0 Å². The number of anilines is 1. The van der Waals surface area contributed by atoms with Gasteiger partial charge in [0, 0.05) is 18.8 Å². The standard InChI is InChI=1S/C16H22N2O/c1-12(16(19)18-9-2-3-10-18)17-15-8-7-13-5-4-6-14(13)11-15/h7-8,11-12,17H,2-6,9-10H2,1H3. The lowest BCUT2D eigenvalue weighted by atomic mass is 10.1. The molecular weight excluding hydrogens is 236 g/mol. The molecule has 1 unspecified atom stereocenters. The van der Waals surface area contributed by atoms with E-state index in [0.717, 1.165) is 31.6 Å². The molecule has 19 heavy (non-hydrogen) atoms. The van der Waals surface area contributed by atoms with Crippen LogP contribution in [-0.4, -0.2) is 29.9 Å². The molecule has 1 N–H and O–H groups in total. The van der Waals surface area contributed by atoms with E-state index in [0.29, 0.717) is 0 Å². The van der Waals surface area contributed by atoms with Crippen molar-refractivity contribution in [3.8, 4) is 0 Å². The summed E-state index contributed by atoms with van der Waals surface area (Å²) in [6, 6.07) is 6.41. The number of fused-ring (bicyclic) bond motifs is 1. The van der Waals surface area contributed by atoms with Crippen molar-refractivity contribution >= 4 is 11.6 Å². The first-order valence-corrected chi connectivity index (χ1v) is 7.41. The van der Waals surface area contributed by atoms with Crippen LogP contribution in [0.25, 0.3) is 0 Å².